The molecule has 0 aliphatic carbocycles. The van der Waals surface area contributed by atoms with Gasteiger partial charge in [-0.15, -0.1) is 0 Å². The van der Waals surface area contributed by atoms with Gasteiger partial charge in [0.05, 0.1) is 17.9 Å². The van der Waals surface area contributed by atoms with Crippen LogP contribution in [-0.2, 0) is 33.6 Å². The zero-order valence-corrected chi connectivity index (χ0v) is 20.5. The summed E-state index contributed by atoms with van der Waals surface area (Å²) in [5.74, 6) is 0.0750. The molecule has 0 radical (unpaired) electrons. The van der Waals surface area contributed by atoms with E-state index in [0.29, 0.717) is 28.5 Å². The van der Waals surface area contributed by atoms with Gasteiger partial charge in [-0.25, -0.2) is 4.79 Å². The molecule has 3 aromatic carbocycles. The molecule has 3 aromatic rings. The van der Waals surface area contributed by atoms with Gasteiger partial charge < -0.3 is 14.3 Å². The van der Waals surface area contributed by atoms with Gasteiger partial charge in [0.15, 0.2) is 6.61 Å². The average molecular weight is 520 g/mol. The number of hydrogen-bond donors (Lipinski definition) is 0. The van der Waals surface area contributed by atoms with E-state index in [1.54, 1.807) is 31.2 Å². The van der Waals surface area contributed by atoms with E-state index >= 15 is 0 Å². The van der Waals surface area contributed by atoms with Crippen molar-refractivity contribution in [3.8, 4) is 5.75 Å². The fourth-order valence-electron chi connectivity index (χ4n) is 3.29. The number of carbonyl (C=O) groups excluding carboxylic acids is 1. The zero-order chi connectivity index (χ0) is 26.1. The summed E-state index contributed by atoms with van der Waals surface area (Å²) in [6, 6.07) is 17.4. The van der Waals surface area contributed by atoms with Gasteiger partial charge in [0, 0.05) is 17.0 Å². The van der Waals surface area contributed by atoms with Gasteiger partial charge in [0.25, 0.3) is 0 Å². The predicted octanol–water partition coefficient (Wildman–Crippen LogP) is 6.77. The molecule has 3 rings (SSSR count). The van der Waals surface area contributed by atoms with Crippen LogP contribution in [0.15, 0.2) is 71.9 Å². The van der Waals surface area contributed by atoms with Gasteiger partial charge in [-0.2, -0.15) is 13.2 Å². The summed E-state index contributed by atoms with van der Waals surface area (Å²) in [4.78, 5) is 17.1. The highest BCUT2D eigenvalue weighted by Crippen LogP contribution is 2.29. The van der Waals surface area contributed by atoms with Crippen LogP contribution < -0.4 is 4.74 Å². The molecule has 0 N–H and O–H groups in total. The number of esters is 1. The van der Waals surface area contributed by atoms with Gasteiger partial charge in [-0.05, 0) is 73.0 Å². The number of halogens is 4. The van der Waals surface area contributed by atoms with E-state index in [1.807, 2.05) is 25.1 Å². The second-order valence-electron chi connectivity index (χ2n) is 7.88. The number of ether oxygens (including phenoxy) is 2. The highest BCUT2D eigenvalue weighted by molar-refractivity contribution is 6.30. The molecule has 5 nitrogen and oxygen atoms in total. The van der Waals surface area contributed by atoms with Crippen molar-refractivity contribution >= 4 is 23.3 Å². The molecular formula is C27H25ClF3NO4. The van der Waals surface area contributed by atoms with E-state index in [0.717, 1.165) is 28.8 Å². The van der Waals surface area contributed by atoms with E-state index in [4.69, 9.17) is 25.9 Å². The molecule has 0 amide bonds. The number of carbonyl (C=O) groups is 1. The summed E-state index contributed by atoms with van der Waals surface area (Å²) in [6.45, 7) is 3.64. The van der Waals surface area contributed by atoms with Crippen LogP contribution in [0.1, 0.15) is 34.7 Å². The molecular weight excluding hydrogens is 495 g/mol. The Labute approximate surface area is 212 Å². The Balaban J connectivity index is 1.78. The van der Waals surface area contributed by atoms with Gasteiger partial charge in [-0.3, -0.25) is 0 Å². The van der Waals surface area contributed by atoms with Crippen LogP contribution in [0.25, 0.3) is 0 Å². The topological polar surface area (TPSA) is 57.1 Å². The third-order valence-corrected chi connectivity index (χ3v) is 5.38. The fraction of sp³-hybridized carbons (Fsp3) is 0.259. The summed E-state index contributed by atoms with van der Waals surface area (Å²) in [5, 5.41) is 4.90. The molecule has 0 aromatic heterocycles. The van der Waals surface area contributed by atoms with Gasteiger partial charge >= 0.3 is 12.1 Å². The normalized spacial score (nSPS) is 11.8. The van der Waals surface area contributed by atoms with Crippen LogP contribution in [0.3, 0.4) is 0 Å². The molecule has 0 heterocycles. The zero-order valence-electron chi connectivity index (χ0n) is 19.8. The Kier molecular flexibility index (Phi) is 9.36. The third kappa shape index (κ3) is 8.02. The Morgan fingerprint density at radius 1 is 0.972 bits per heavy atom. The minimum absolute atomic E-state index is 0.00196. The van der Waals surface area contributed by atoms with E-state index in [1.165, 1.54) is 12.1 Å². The first kappa shape index (κ1) is 27.1. The molecule has 36 heavy (non-hydrogen) atoms. The summed E-state index contributed by atoms with van der Waals surface area (Å²) >= 11 is 5.99. The lowest BCUT2D eigenvalue weighted by atomic mass is 10.0. The number of rotatable bonds is 10. The van der Waals surface area contributed by atoms with E-state index < -0.39 is 17.7 Å². The largest absolute Gasteiger partial charge is 0.482 e. The Morgan fingerprint density at radius 3 is 2.25 bits per heavy atom. The van der Waals surface area contributed by atoms with Crippen molar-refractivity contribution in [3.05, 3.63) is 99.6 Å². The molecule has 190 valence electrons. The molecule has 0 saturated carbocycles. The maximum Gasteiger partial charge on any atom is 0.416 e. The number of aryl methyl sites for hydroxylation is 1. The molecule has 0 unspecified atom stereocenters. The van der Waals surface area contributed by atoms with Crippen molar-refractivity contribution in [1.82, 2.24) is 0 Å². The minimum atomic E-state index is -4.40. The molecule has 0 saturated heterocycles. The van der Waals surface area contributed by atoms with Gasteiger partial charge in [-0.1, -0.05) is 41.0 Å². The Bertz CT molecular complexity index is 1190. The van der Waals surface area contributed by atoms with Crippen LogP contribution in [0.2, 0.25) is 5.02 Å². The van der Waals surface area contributed by atoms with Gasteiger partial charge in [0.2, 0.25) is 0 Å². The number of hydrogen-bond acceptors (Lipinski definition) is 5. The first-order valence-corrected chi connectivity index (χ1v) is 11.5. The molecule has 0 aliphatic rings. The van der Waals surface area contributed by atoms with Crippen molar-refractivity contribution in [2.24, 2.45) is 5.16 Å². The summed E-state index contributed by atoms with van der Waals surface area (Å²) in [5.41, 5.74) is 2.91. The second kappa shape index (κ2) is 12.4. The lowest BCUT2D eigenvalue weighted by Crippen LogP contribution is -2.15. The summed E-state index contributed by atoms with van der Waals surface area (Å²) < 4.78 is 48.8. The monoisotopic (exact) mass is 519 g/mol. The van der Waals surface area contributed by atoms with Crippen LogP contribution in [-0.4, -0.2) is 24.9 Å². The fourth-order valence-corrected chi connectivity index (χ4v) is 3.41. The molecule has 0 fully saturated rings. The number of benzene rings is 3. The second-order valence-corrected chi connectivity index (χ2v) is 8.32. The van der Waals surface area contributed by atoms with Crippen molar-refractivity contribution in [3.63, 3.8) is 0 Å². The molecule has 0 aliphatic heterocycles. The van der Waals surface area contributed by atoms with Crippen molar-refractivity contribution < 1.29 is 32.3 Å². The van der Waals surface area contributed by atoms with Crippen LogP contribution in [0, 0.1) is 6.92 Å². The first-order valence-electron chi connectivity index (χ1n) is 11.1. The Hall–Kier alpha value is -3.52. The minimum Gasteiger partial charge on any atom is -0.482 e. The van der Waals surface area contributed by atoms with Crippen LogP contribution in [0.4, 0.5) is 13.2 Å². The molecule has 0 bridgehead atoms. The van der Waals surface area contributed by atoms with Crippen molar-refractivity contribution in [2.45, 2.75) is 33.1 Å². The average Bonchev–Trinajstić information content (AvgIpc) is 2.84. The predicted molar refractivity (Wildman–Crippen MR) is 131 cm³/mol. The van der Waals surface area contributed by atoms with Crippen LogP contribution >= 0.6 is 11.6 Å². The standard InChI is InChI=1S/C27H25ClF3NO4/c1-3-34-26(33)17-35-25-13-8-21(14-18(25)2)24(15-19-6-11-23(28)12-7-19)32-36-16-20-4-9-22(10-5-20)27(29,30)31/h4-14H,3,15-17H2,1-2H3. The SMILES string of the molecule is CCOC(=O)COc1ccc(C(Cc2ccc(Cl)cc2)=NOCc2ccc(C(F)(F)F)cc2)cc1C. The number of oxime groups is 1. The summed E-state index contributed by atoms with van der Waals surface area (Å²) in [7, 11) is 0. The molecule has 9 heteroatoms. The smallest absolute Gasteiger partial charge is 0.416 e. The summed E-state index contributed by atoms with van der Waals surface area (Å²) in [6.07, 6.45) is -3.97. The van der Waals surface area contributed by atoms with E-state index in [2.05, 4.69) is 5.16 Å². The lowest BCUT2D eigenvalue weighted by molar-refractivity contribution is -0.145. The molecule has 0 atom stereocenters. The third-order valence-electron chi connectivity index (χ3n) is 5.13. The Morgan fingerprint density at radius 2 is 1.64 bits per heavy atom. The maximum atomic E-state index is 12.8. The van der Waals surface area contributed by atoms with Gasteiger partial charge in [0.1, 0.15) is 12.4 Å². The molecule has 0 spiro atoms. The first-order chi connectivity index (χ1) is 17.2. The quantitative estimate of drug-likeness (QED) is 0.168. The van der Waals surface area contributed by atoms with Crippen LogP contribution in [0.5, 0.6) is 5.75 Å². The van der Waals surface area contributed by atoms with E-state index in [-0.39, 0.29) is 19.8 Å². The highest BCUT2D eigenvalue weighted by Gasteiger charge is 2.29. The van der Waals surface area contributed by atoms with Crippen molar-refractivity contribution in [1.29, 1.82) is 0 Å². The number of alkyl halides is 3. The van der Waals surface area contributed by atoms with Crippen molar-refractivity contribution in [2.75, 3.05) is 13.2 Å². The highest BCUT2D eigenvalue weighted by atomic mass is 35.5. The lowest BCUT2D eigenvalue weighted by Gasteiger charge is -2.12. The van der Waals surface area contributed by atoms with E-state index in [9.17, 15) is 18.0 Å². The maximum absolute atomic E-state index is 12.8. The number of nitrogens with zero attached hydrogens (tertiary/aromatic N) is 1.